The summed E-state index contributed by atoms with van der Waals surface area (Å²) in [6.07, 6.45) is 4.15. The Bertz CT molecular complexity index is 1210. The van der Waals surface area contributed by atoms with Gasteiger partial charge in [-0.05, 0) is 68.6 Å². The predicted octanol–water partition coefficient (Wildman–Crippen LogP) is 7.41. The van der Waals surface area contributed by atoms with Gasteiger partial charge in [-0.1, -0.05) is 74.0 Å². The smallest absolute Gasteiger partial charge is 0.251 e. The molecule has 0 saturated carbocycles. The molecule has 0 radical (unpaired) electrons. The molecular weight excluding hydrogens is 462 g/mol. The molecule has 1 N–H and O–H groups in total. The van der Waals surface area contributed by atoms with Crippen molar-refractivity contribution in [3.63, 3.8) is 0 Å². The maximum atomic E-state index is 13.0. The largest absolute Gasteiger partial charge is 0.352 e. The van der Waals surface area contributed by atoms with Gasteiger partial charge in [0.25, 0.3) is 5.91 Å². The van der Waals surface area contributed by atoms with Gasteiger partial charge in [0.1, 0.15) is 0 Å². The number of hydrogen-bond donors (Lipinski definition) is 1. The third-order valence-electron chi connectivity index (χ3n) is 6.49. The molecule has 1 heterocycles. The number of aliphatic imine (C=N–C) groups is 1. The first-order chi connectivity index (χ1) is 17.6. The fraction of sp³-hybridized carbons (Fsp3) is 0.355. The summed E-state index contributed by atoms with van der Waals surface area (Å²) in [6, 6.07) is 23.1. The molecule has 0 atom stereocenters. The number of unbranched alkanes of at least 4 members (excludes halogenated alkanes) is 1. The number of amides is 1. The van der Waals surface area contributed by atoms with Gasteiger partial charge in [0.05, 0.1) is 5.69 Å². The van der Waals surface area contributed by atoms with Crippen LogP contribution in [0.1, 0.15) is 66.6 Å². The molecular formula is C31H37N3OS. The van der Waals surface area contributed by atoms with Crippen LogP contribution in [0.25, 0.3) is 0 Å². The molecule has 3 aromatic rings. The quantitative estimate of drug-likeness (QED) is 0.279. The fourth-order valence-electron chi connectivity index (χ4n) is 4.48. The van der Waals surface area contributed by atoms with E-state index in [0.717, 1.165) is 48.8 Å². The average Bonchev–Trinajstić information content (AvgIpc) is 3.05. The van der Waals surface area contributed by atoms with Crippen LogP contribution in [0.3, 0.4) is 0 Å². The van der Waals surface area contributed by atoms with E-state index in [1.165, 1.54) is 34.4 Å². The first-order valence-corrected chi connectivity index (χ1v) is 13.9. The Balaban J connectivity index is 1.37. The lowest BCUT2D eigenvalue weighted by molar-refractivity contribution is 0.0951. The Morgan fingerprint density at radius 2 is 1.72 bits per heavy atom. The molecule has 0 aromatic heterocycles. The Labute approximate surface area is 220 Å². The molecule has 0 saturated heterocycles. The number of nitrogens with zero attached hydrogens (tertiary/aromatic N) is 2. The number of carbonyl (C=O) groups is 1. The summed E-state index contributed by atoms with van der Waals surface area (Å²) < 4.78 is 0. The molecule has 0 spiro atoms. The molecule has 4 rings (SSSR count). The standard InChI is InChI=1S/C31H37N3OS/c1-4-6-18-34(22-24-11-8-7-9-12-24)19-10-17-32-31(35)25-14-16-30-28(21-25)33-27(5-2)26-20-23(3)13-15-29(26)36-30/h7-9,11-16,20-21H,4-6,10,17-19,22H2,1-3H3,(H,32,35). The van der Waals surface area contributed by atoms with Gasteiger partial charge in [-0.2, -0.15) is 0 Å². The third-order valence-corrected chi connectivity index (χ3v) is 7.63. The van der Waals surface area contributed by atoms with Crippen molar-refractivity contribution in [3.8, 4) is 0 Å². The van der Waals surface area contributed by atoms with Gasteiger partial charge in [-0.15, -0.1) is 0 Å². The van der Waals surface area contributed by atoms with Crippen LogP contribution in [0.2, 0.25) is 0 Å². The number of carbonyl (C=O) groups excluding carboxylic acids is 1. The van der Waals surface area contributed by atoms with Gasteiger partial charge in [0, 0.05) is 46.3 Å². The van der Waals surface area contributed by atoms with Crippen molar-refractivity contribution >= 4 is 29.1 Å². The molecule has 3 aromatic carbocycles. The van der Waals surface area contributed by atoms with E-state index in [0.29, 0.717) is 12.1 Å². The molecule has 0 aliphatic carbocycles. The van der Waals surface area contributed by atoms with Crippen molar-refractivity contribution in [3.05, 3.63) is 89.0 Å². The Kier molecular flexibility index (Phi) is 9.37. The molecule has 5 heteroatoms. The lowest BCUT2D eigenvalue weighted by atomic mass is 10.0. The number of fused-ring (bicyclic) bond motifs is 2. The van der Waals surface area contributed by atoms with Crippen molar-refractivity contribution in [1.29, 1.82) is 0 Å². The monoisotopic (exact) mass is 499 g/mol. The van der Waals surface area contributed by atoms with Crippen LogP contribution in [-0.2, 0) is 6.54 Å². The van der Waals surface area contributed by atoms with E-state index < -0.39 is 0 Å². The van der Waals surface area contributed by atoms with E-state index in [1.807, 2.05) is 18.2 Å². The Hall–Kier alpha value is -2.89. The van der Waals surface area contributed by atoms with Crippen LogP contribution >= 0.6 is 11.8 Å². The number of nitrogens with one attached hydrogen (secondary N) is 1. The predicted molar refractivity (Wildman–Crippen MR) is 152 cm³/mol. The Morgan fingerprint density at radius 3 is 2.50 bits per heavy atom. The molecule has 36 heavy (non-hydrogen) atoms. The Morgan fingerprint density at radius 1 is 0.944 bits per heavy atom. The molecule has 0 fully saturated rings. The molecule has 1 amide bonds. The number of hydrogen-bond acceptors (Lipinski definition) is 4. The summed E-state index contributed by atoms with van der Waals surface area (Å²) in [6.45, 7) is 10.2. The number of benzene rings is 3. The van der Waals surface area contributed by atoms with Crippen molar-refractivity contribution in [2.24, 2.45) is 4.99 Å². The zero-order valence-electron chi connectivity index (χ0n) is 21.7. The van der Waals surface area contributed by atoms with Gasteiger partial charge in [-0.3, -0.25) is 14.7 Å². The topological polar surface area (TPSA) is 44.7 Å². The summed E-state index contributed by atoms with van der Waals surface area (Å²) in [4.78, 5) is 22.7. The maximum Gasteiger partial charge on any atom is 0.251 e. The highest BCUT2D eigenvalue weighted by molar-refractivity contribution is 7.99. The van der Waals surface area contributed by atoms with Crippen LogP contribution < -0.4 is 5.32 Å². The van der Waals surface area contributed by atoms with Crippen LogP contribution in [0.15, 0.2) is 81.5 Å². The second-order valence-corrected chi connectivity index (χ2v) is 10.5. The second-order valence-electron chi connectivity index (χ2n) is 9.42. The fourth-order valence-corrected chi connectivity index (χ4v) is 5.49. The van der Waals surface area contributed by atoms with E-state index in [1.54, 1.807) is 11.8 Å². The van der Waals surface area contributed by atoms with E-state index >= 15 is 0 Å². The molecule has 1 aliphatic heterocycles. The van der Waals surface area contributed by atoms with Crippen molar-refractivity contribution in [2.45, 2.75) is 62.8 Å². The normalized spacial score (nSPS) is 12.5. The van der Waals surface area contributed by atoms with Gasteiger partial charge in [-0.25, -0.2) is 0 Å². The summed E-state index contributed by atoms with van der Waals surface area (Å²) in [7, 11) is 0. The highest BCUT2D eigenvalue weighted by atomic mass is 32.2. The summed E-state index contributed by atoms with van der Waals surface area (Å²) >= 11 is 1.73. The molecule has 0 bridgehead atoms. The molecule has 1 aliphatic rings. The first kappa shape index (κ1) is 26.2. The van der Waals surface area contributed by atoms with Crippen LogP contribution in [0, 0.1) is 6.92 Å². The minimum absolute atomic E-state index is 0.0307. The van der Waals surface area contributed by atoms with Crippen LogP contribution in [0.4, 0.5) is 5.69 Å². The van der Waals surface area contributed by atoms with Gasteiger partial charge in [0.15, 0.2) is 0 Å². The summed E-state index contributed by atoms with van der Waals surface area (Å²) in [5.41, 5.74) is 6.40. The van der Waals surface area contributed by atoms with Gasteiger partial charge in [0.2, 0.25) is 0 Å². The highest BCUT2D eigenvalue weighted by Gasteiger charge is 2.18. The van der Waals surface area contributed by atoms with Crippen molar-refractivity contribution in [2.75, 3.05) is 19.6 Å². The molecule has 4 nitrogen and oxygen atoms in total. The maximum absolute atomic E-state index is 13.0. The zero-order chi connectivity index (χ0) is 25.3. The van der Waals surface area contributed by atoms with Crippen LogP contribution in [0.5, 0.6) is 0 Å². The van der Waals surface area contributed by atoms with E-state index in [4.69, 9.17) is 4.99 Å². The van der Waals surface area contributed by atoms with E-state index in [2.05, 4.69) is 79.5 Å². The summed E-state index contributed by atoms with van der Waals surface area (Å²) in [5.74, 6) is -0.0307. The van der Waals surface area contributed by atoms with E-state index in [9.17, 15) is 4.79 Å². The first-order valence-electron chi connectivity index (χ1n) is 13.1. The summed E-state index contributed by atoms with van der Waals surface area (Å²) in [5, 5.41) is 3.13. The number of aryl methyl sites for hydroxylation is 1. The number of rotatable bonds is 11. The lowest BCUT2D eigenvalue weighted by Gasteiger charge is -2.22. The van der Waals surface area contributed by atoms with Gasteiger partial charge >= 0.3 is 0 Å². The minimum Gasteiger partial charge on any atom is -0.352 e. The lowest BCUT2D eigenvalue weighted by Crippen LogP contribution is -2.30. The second kappa shape index (κ2) is 12.9. The van der Waals surface area contributed by atoms with Gasteiger partial charge < -0.3 is 5.32 Å². The SMILES string of the molecule is CCCCN(CCCNC(=O)c1ccc2c(c1)N=C(CC)c1cc(C)ccc1S2)Cc1ccccc1. The van der Waals surface area contributed by atoms with Crippen molar-refractivity contribution in [1.82, 2.24) is 10.2 Å². The highest BCUT2D eigenvalue weighted by Crippen LogP contribution is 2.41. The average molecular weight is 500 g/mol. The van der Waals surface area contributed by atoms with Crippen molar-refractivity contribution < 1.29 is 4.79 Å². The third kappa shape index (κ3) is 6.86. The molecule has 188 valence electrons. The molecule has 0 unspecified atom stereocenters. The van der Waals surface area contributed by atoms with E-state index in [-0.39, 0.29) is 5.91 Å². The zero-order valence-corrected chi connectivity index (χ0v) is 22.5. The minimum atomic E-state index is -0.0307. The van der Waals surface area contributed by atoms with Crippen LogP contribution in [-0.4, -0.2) is 36.2 Å².